The Morgan fingerprint density at radius 1 is 0.897 bits per heavy atom. The monoisotopic (exact) mass is 389 g/mol. The van der Waals surface area contributed by atoms with E-state index in [1.54, 1.807) is 0 Å². The van der Waals surface area contributed by atoms with Gasteiger partial charge in [0.2, 0.25) is 12.1 Å². The lowest BCUT2D eigenvalue weighted by atomic mass is 10.1. The summed E-state index contributed by atoms with van der Waals surface area (Å²) in [6.07, 6.45) is 8.54. The number of pyridine rings is 1. The summed E-state index contributed by atoms with van der Waals surface area (Å²) in [6.45, 7) is 14.0. The highest BCUT2D eigenvalue weighted by Crippen LogP contribution is 2.19. The molecule has 0 aliphatic rings. The van der Waals surface area contributed by atoms with E-state index < -0.39 is 0 Å². The van der Waals surface area contributed by atoms with E-state index in [-0.39, 0.29) is 11.1 Å². The predicted octanol–water partition coefficient (Wildman–Crippen LogP) is 3.96. The number of benzene rings is 1. The van der Waals surface area contributed by atoms with Gasteiger partial charge in [0.25, 0.3) is 6.33 Å². The van der Waals surface area contributed by atoms with Crippen LogP contribution in [-0.2, 0) is 17.6 Å². The van der Waals surface area contributed by atoms with E-state index in [0.717, 1.165) is 18.1 Å². The second-order valence-electron chi connectivity index (χ2n) is 9.67. The number of para-hydroxylation sites is 2. The number of rotatable bonds is 3. The molecule has 0 radical (unpaired) electrons. The number of fused-ring (bicyclic) bond motifs is 1. The standard InChI is InChI=1S/C24H31N5/c1-23(2,3)27-15-14-26(17-27)16-19-10-9-13-22(25-19)28-18-29(24(4,5)6)21-12-8-7-11-20(21)28/h7-15,17-18H,16H2,1-6H3/q+2. The molecule has 0 fully saturated rings. The summed E-state index contributed by atoms with van der Waals surface area (Å²) < 4.78 is 8.91. The van der Waals surface area contributed by atoms with Gasteiger partial charge in [-0.15, -0.1) is 0 Å². The summed E-state index contributed by atoms with van der Waals surface area (Å²) in [5.74, 6) is 0.942. The van der Waals surface area contributed by atoms with Crippen LogP contribution in [0, 0.1) is 0 Å². The zero-order valence-corrected chi connectivity index (χ0v) is 18.3. The fourth-order valence-corrected chi connectivity index (χ4v) is 3.59. The highest BCUT2D eigenvalue weighted by atomic mass is 15.2. The number of nitrogens with zero attached hydrogens (tertiary/aromatic N) is 5. The van der Waals surface area contributed by atoms with Gasteiger partial charge in [-0.1, -0.05) is 18.2 Å². The first-order valence-corrected chi connectivity index (χ1v) is 10.2. The Hall–Kier alpha value is -2.95. The molecule has 0 spiro atoms. The molecule has 1 aromatic carbocycles. The lowest BCUT2D eigenvalue weighted by Gasteiger charge is -2.14. The lowest BCUT2D eigenvalue weighted by Crippen LogP contribution is -2.49. The molecule has 0 amide bonds. The third-order valence-corrected chi connectivity index (χ3v) is 5.20. The van der Waals surface area contributed by atoms with Crippen molar-refractivity contribution in [1.82, 2.24) is 14.1 Å². The zero-order valence-electron chi connectivity index (χ0n) is 18.3. The van der Waals surface area contributed by atoms with Crippen LogP contribution in [-0.4, -0.2) is 14.1 Å². The van der Waals surface area contributed by atoms with Crippen LogP contribution in [0.5, 0.6) is 0 Å². The average Bonchev–Trinajstić information content (AvgIpc) is 3.26. The molecular formula is C24H31N5+2. The molecular weight excluding hydrogens is 358 g/mol. The molecule has 0 saturated heterocycles. The van der Waals surface area contributed by atoms with E-state index in [4.69, 9.17) is 4.98 Å². The summed E-state index contributed by atoms with van der Waals surface area (Å²) in [5, 5.41) is 0. The molecule has 3 aromatic heterocycles. The van der Waals surface area contributed by atoms with Crippen LogP contribution in [0.4, 0.5) is 0 Å². The number of aromatic nitrogens is 5. The Kier molecular flexibility index (Phi) is 4.56. The molecule has 0 aliphatic heterocycles. The summed E-state index contributed by atoms with van der Waals surface area (Å²) in [6, 6.07) is 14.8. The molecule has 0 saturated carbocycles. The largest absolute Gasteiger partial charge is 0.251 e. The molecule has 0 aliphatic carbocycles. The zero-order chi connectivity index (χ0) is 20.8. The van der Waals surface area contributed by atoms with Gasteiger partial charge in [-0.25, -0.2) is 18.7 Å². The predicted molar refractivity (Wildman–Crippen MR) is 115 cm³/mol. The SMILES string of the molecule is CC(C)(C)n1cc[n+](Cc2cccc(-n3c[n+](C(C)(C)C)c4ccccc43)n2)c1. The van der Waals surface area contributed by atoms with E-state index in [0.29, 0.717) is 0 Å². The minimum absolute atomic E-state index is 0.00577. The second-order valence-corrected chi connectivity index (χ2v) is 9.67. The van der Waals surface area contributed by atoms with Crippen LogP contribution in [0.15, 0.2) is 67.5 Å². The number of hydrogen-bond acceptors (Lipinski definition) is 1. The van der Waals surface area contributed by atoms with Gasteiger partial charge in [0.15, 0.2) is 11.0 Å². The number of imidazole rings is 2. The van der Waals surface area contributed by atoms with Crippen molar-refractivity contribution in [2.24, 2.45) is 0 Å². The summed E-state index contributed by atoms with van der Waals surface area (Å²) in [7, 11) is 0. The van der Waals surface area contributed by atoms with Crippen LogP contribution >= 0.6 is 0 Å². The maximum atomic E-state index is 4.97. The van der Waals surface area contributed by atoms with Gasteiger partial charge in [-0.05, 0) is 59.7 Å². The van der Waals surface area contributed by atoms with Gasteiger partial charge in [0, 0.05) is 6.07 Å². The third-order valence-electron chi connectivity index (χ3n) is 5.20. The molecule has 150 valence electrons. The van der Waals surface area contributed by atoms with E-state index in [2.05, 4.69) is 127 Å². The quantitative estimate of drug-likeness (QED) is 0.488. The molecule has 4 aromatic rings. The van der Waals surface area contributed by atoms with Crippen molar-refractivity contribution >= 4 is 11.0 Å². The smallest absolute Gasteiger partial charge is 0.232 e. The molecule has 0 N–H and O–H groups in total. The molecule has 3 heterocycles. The van der Waals surface area contributed by atoms with Crippen LogP contribution in [0.2, 0.25) is 0 Å². The van der Waals surface area contributed by atoms with Gasteiger partial charge in [-0.2, -0.15) is 4.57 Å². The topological polar surface area (TPSA) is 30.5 Å². The molecule has 29 heavy (non-hydrogen) atoms. The maximum absolute atomic E-state index is 4.97. The van der Waals surface area contributed by atoms with Gasteiger partial charge < -0.3 is 0 Å². The van der Waals surface area contributed by atoms with Crippen molar-refractivity contribution in [3.63, 3.8) is 0 Å². The van der Waals surface area contributed by atoms with Gasteiger partial charge in [-0.3, -0.25) is 0 Å². The first-order valence-electron chi connectivity index (χ1n) is 10.2. The minimum Gasteiger partial charge on any atom is -0.232 e. The molecule has 0 bridgehead atoms. The summed E-state index contributed by atoms with van der Waals surface area (Å²) in [4.78, 5) is 4.97. The van der Waals surface area contributed by atoms with Gasteiger partial charge in [0.1, 0.15) is 30.0 Å². The van der Waals surface area contributed by atoms with Crippen molar-refractivity contribution in [3.05, 3.63) is 73.2 Å². The second kappa shape index (κ2) is 6.83. The van der Waals surface area contributed by atoms with E-state index >= 15 is 0 Å². The first kappa shape index (κ1) is 19.4. The highest BCUT2D eigenvalue weighted by molar-refractivity contribution is 5.73. The Labute approximate surface area is 172 Å². The summed E-state index contributed by atoms with van der Waals surface area (Å²) in [5.41, 5.74) is 3.49. The first-order chi connectivity index (χ1) is 13.6. The Bertz CT molecular complexity index is 1150. The van der Waals surface area contributed by atoms with Crippen molar-refractivity contribution in [3.8, 4) is 5.82 Å². The van der Waals surface area contributed by atoms with Crippen LogP contribution in [0.25, 0.3) is 16.9 Å². The summed E-state index contributed by atoms with van der Waals surface area (Å²) >= 11 is 0. The third kappa shape index (κ3) is 3.82. The highest BCUT2D eigenvalue weighted by Gasteiger charge is 2.26. The van der Waals surface area contributed by atoms with Crippen LogP contribution in [0.1, 0.15) is 47.2 Å². The van der Waals surface area contributed by atoms with E-state index in [1.807, 2.05) is 0 Å². The van der Waals surface area contributed by atoms with Gasteiger partial charge in [0.05, 0.1) is 5.69 Å². The van der Waals surface area contributed by atoms with E-state index in [9.17, 15) is 0 Å². The average molecular weight is 390 g/mol. The normalized spacial score (nSPS) is 12.6. The van der Waals surface area contributed by atoms with Crippen molar-refractivity contribution in [2.75, 3.05) is 0 Å². The fourth-order valence-electron chi connectivity index (χ4n) is 3.59. The number of hydrogen-bond donors (Lipinski definition) is 0. The van der Waals surface area contributed by atoms with Crippen molar-refractivity contribution in [1.29, 1.82) is 0 Å². The molecule has 0 atom stereocenters. The Morgan fingerprint density at radius 3 is 2.34 bits per heavy atom. The molecule has 4 rings (SSSR count). The molecule has 0 unspecified atom stereocenters. The fraction of sp³-hybridized carbons (Fsp3) is 0.375. The minimum atomic E-state index is -0.00577. The van der Waals surface area contributed by atoms with Crippen LogP contribution in [0.3, 0.4) is 0 Å². The van der Waals surface area contributed by atoms with Crippen LogP contribution < -0.4 is 9.13 Å². The Balaban J connectivity index is 1.72. The molecule has 5 heteroatoms. The maximum Gasteiger partial charge on any atom is 0.251 e. The van der Waals surface area contributed by atoms with Crippen molar-refractivity contribution < 1.29 is 9.13 Å². The Morgan fingerprint density at radius 2 is 1.66 bits per heavy atom. The lowest BCUT2D eigenvalue weighted by molar-refractivity contribution is -0.731. The van der Waals surface area contributed by atoms with Crippen molar-refractivity contribution in [2.45, 2.75) is 59.2 Å². The molecule has 5 nitrogen and oxygen atoms in total. The van der Waals surface area contributed by atoms with E-state index in [1.165, 1.54) is 11.0 Å². The van der Waals surface area contributed by atoms with Gasteiger partial charge >= 0.3 is 0 Å².